The van der Waals surface area contributed by atoms with Gasteiger partial charge in [-0.25, -0.2) is 9.78 Å². The molecule has 8 nitrogen and oxygen atoms in total. The van der Waals surface area contributed by atoms with Gasteiger partial charge in [0.1, 0.15) is 6.10 Å². The Bertz CT molecular complexity index is 1330. The number of fused-ring (bicyclic) bond motifs is 1. The monoisotopic (exact) mass is 539 g/mol. The molecular formula is C26H30BrN5O3. The lowest BCUT2D eigenvalue weighted by Gasteiger charge is -2.32. The Morgan fingerprint density at radius 3 is 2.00 bits per heavy atom. The number of rotatable bonds is 4. The van der Waals surface area contributed by atoms with Gasteiger partial charge in [-0.3, -0.25) is 13.9 Å². The first-order chi connectivity index (χ1) is 16.8. The van der Waals surface area contributed by atoms with E-state index in [-0.39, 0.29) is 17.4 Å². The average molecular weight is 540 g/mol. The number of halogens is 1. The summed E-state index contributed by atoms with van der Waals surface area (Å²) in [6.45, 7) is 2.25. The molecule has 3 heterocycles. The summed E-state index contributed by atoms with van der Waals surface area (Å²) in [6, 6.07) is 21.1. The van der Waals surface area contributed by atoms with Crippen LogP contribution in [0.4, 0.5) is 0 Å². The van der Waals surface area contributed by atoms with E-state index in [0.29, 0.717) is 22.0 Å². The zero-order valence-corrected chi connectivity index (χ0v) is 21.7. The van der Waals surface area contributed by atoms with Gasteiger partial charge in [0.15, 0.2) is 15.9 Å². The molecule has 1 aliphatic rings. The average Bonchev–Trinajstić information content (AvgIpc) is 3.29. The van der Waals surface area contributed by atoms with E-state index in [9.17, 15) is 9.59 Å². The summed E-state index contributed by atoms with van der Waals surface area (Å²) in [7, 11) is 5.18. The molecule has 1 aliphatic heterocycles. The first kappa shape index (κ1) is 25.1. The number of aromatic nitrogens is 4. The van der Waals surface area contributed by atoms with Crippen molar-refractivity contribution in [3.63, 3.8) is 0 Å². The minimum Gasteiger partial charge on any atom is -0.365 e. The van der Waals surface area contributed by atoms with Crippen molar-refractivity contribution < 1.29 is 4.74 Å². The molecular weight excluding hydrogens is 510 g/mol. The van der Waals surface area contributed by atoms with Crippen molar-refractivity contribution in [3.05, 3.63) is 97.4 Å². The number of benzene rings is 2. The molecule has 0 aliphatic carbocycles. The van der Waals surface area contributed by atoms with E-state index < -0.39 is 0 Å². The van der Waals surface area contributed by atoms with Gasteiger partial charge in [0, 0.05) is 27.2 Å². The lowest BCUT2D eigenvalue weighted by atomic mass is 10.00. The summed E-state index contributed by atoms with van der Waals surface area (Å²) in [5, 5.41) is 0. The third-order valence-corrected chi connectivity index (χ3v) is 6.64. The van der Waals surface area contributed by atoms with Gasteiger partial charge in [0.05, 0.1) is 6.10 Å². The van der Waals surface area contributed by atoms with Gasteiger partial charge in [-0.2, -0.15) is 0 Å². The van der Waals surface area contributed by atoms with Crippen LogP contribution in [0.2, 0.25) is 0 Å². The van der Waals surface area contributed by atoms with E-state index in [1.54, 1.807) is 7.05 Å². The fraction of sp³-hybridized carbons (Fsp3) is 0.346. The molecule has 9 heteroatoms. The molecule has 4 aromatic rings. The van der Waals surface area contributed by atoms with Gasteiger partial charge in [-0.15, -0.1) is 0 Å². The van der Waals surface area contributed by atoms with E-state index in [1.165, 1.54) is 22.7 Å². The maximum absolute atomic E-state index is 11.6. The van der Waals surface area contributed by atoms with Gasteiger partial charge < -0.3 is 14.6 Å². The summed E-state index contributed by atoms with van der Waals surface area (Å²) in [5.41, 5.74) is 2.39. The second-order valence-electron chi connectivity index (χ2n) is 8.77. The van der Waals surface area contributed by atoms with E-state index in [0.717, 1.165) is 30.5 Å². The first-order valence-electron chi connectivity index (χ1n) is 11.6. The fourth-order valence-electron chi connectivity index (χ4n) is 4.22. The van der Waals surface area contributed by atoms with Crippen molar-refractivity contribution in [1.29, 1.82) is 0 Å². The highest BCUT2D eigenvalue weighted by atomic mass is 79.9. The molecule has 0 atom stereocenters. The minimum absolute atomic E-state index is 0.0424. The van der Waals surface area contributed by atoms with Crippen molar-refractivity contribution in [2.45, 2.75) is 25.0 Å². The normalized spacial score (nSPS) is 14.8. The molecule has 0 spiro atoms. The molecule has 184 valence electrons. The lowest BCUT2D eigenvalue weighted by Crippen LogP contribution is -2.36. The van der Waals surface area contributed by atoms with Crippen LogP contribution in [-0.2, 0) is 18.8 Å². The number of aryl methyl sites for hydroxylation is 1. The molecule has 0 bridgehead atoms. The van der Waals surface area contributed by atoms with Crippen molar-refractivity contribution in [2.24, 2.45) is 14.1 Å². The van der Waals surface area contributed by atoms with E-state index in [4.69, 9.17) is 4.74 Å². The summed E-state index contributed by atoms with van der Waals surface area (Å²) in [4.78, 5) is 32.2. The Morgan fingerprint density at radius 2 is 1.46 bits per heavy atom. The van der Waals surface area contributed by atoms with E-state index in [2.05, 4.69) is 98.5 Å². The summed E-state index contributed by atoms with van der Waals surface area (Å²) < 4.78 is 9.27. The van der Waals surface area contributed by atoms with Gasteiger partial charge >= 0.3 is 5.69 Å². The maximum Gasteiger partial charge on any atom is 0.332 e. The zero-order chi connectivity index (χ0) is 24.9. The number of H-pyrrole nitrogens is 1. The molecule has 1 N–H and O–H groups in total. The number of imidazole rings is 1. The molecule has 1 fully saturated rings. The Balaban J connectivity index is 0.000000179. The Morgan fingerprint density at radius 1 is 0.914 bits per heavy atom. The third kappa shape index (κ3) is 5.80. The summed E-state index contributed by atoms with van der Waals surface area (Å²) >= 11 is 3.11. The number of nitrogens with one attached hydrogen (secondary N) is 1. The quantitative estimate of drug-likeness (QED) is 0.400. The predicted octanol–water partition coefficient (Wildman–Crippen LogP) is 3.61. The number of nitrogens with zero attached hydrogens (tertiary/aromatic N) is 4. The van der Waals surface area contributed by atoms with Crippen molar-refractivity contribution in [1.82, 2.24) is 24.0 Å². The highest BCUT2D eigenvalue weighted by Gasteiger charge is 2.23. The largest absolute Gasteiger partial charge is 0.365 e. The van der Waals surface area contributed by atoms with Crippen molar-refractivity contribution in [2.75, 3.05) is 20.1 Å². The number of ether oxygens (including phenoxy) is 1. The topological polar surface area (TPSA) is 85.2 Å². The van der Waals surface area contributed by atoms with Gasteiger partial charge in [0.2, 0.25) is 0 Å². The number of piperidine rings is 1. The van der Waals surface area contributed by atoms with Crippen LogP contribution in [0.5, 0.6) is 0 Å². The number of hydrogen-bond donors (Lipinski definition) is 1. The van der Waals surface area contributed by atoms with Gasteiger partial charge in [-0.05, 0) is 46.9 Å². The van der Waals surface area contributed by atoms with Crippen LogP contribution >= 0.6 is 15.9 Å². The summed E-state index contributed by atoms with van der Waals surface area (Å²) in [5.74, 6) is 0. The van der Waals surface area contributed by atoms with Crippen LogP contribution in [0.15, 0.2) is 75.0 Å². The number of aromatic amines is 1. The Kier molecular flexibility index (Phi) is 8.00. The highest BCUT2D eigenvalue weighted by molar-refractivity contribution is 9.10. The lowest BCUT2D eigenvalue weighted by molar-refractivity contribution is -0.0234. The van der Waals surface area contributed by atoms with Crippen LogP contribution in [0.3, 0.4) is 0 Å². The molecule has 0 unspecified atom stereocenters. The maximum atomic E-state index is 11.6. The molecule has 0 saturated carbocycles. The SMILES string of the molecule is CN1CCC(OC(c2ccccc2)c2ccccc2)CC1.Cn1c(=O)c2[nH]c(Br)nc2n(C)c1=O. The fourth-order valence-corrected chi connectivity index (χ4v) is 4.58. The summed E-state index contributed by atoms with van der Waals surface area (Å²) in [6.07, 6.45) is 2.63. The van der Waals surface area contributed by atoms with Crippen LogP contribution < -0.4 is 11.2 Å². The van der Waals surface area contributed by atoms with Crippen LogP contribution in [0, 0.1) is 0 Å². The molecule has 35 heavy (non-hydrogen) atoms. The molecule has 1 saturated heterocycles. The molecule has 0 radical (unpaired) electrons. The highest BCUT2D eigenvalue weighted by Crippen LogP contribution is 2.29. The molecule has 5 rings (SSSR count). The van der Waals surface area contributed by atoms with Crippen LogP contribution in [-0.4, -0.2) is 50.2 Å². The van der Waals surface area contributed by atoms with E-state index in [1.807, 2.05) is 0 Å². The van der Waals surface area contributed by atoms with Crippen molar-refractivity contribution in [3.8, 4) is 0 Å². The standard InChI is InChI=1S/C19H23NO.C7H7BrN4O2/c1-20-14-12-18(13-15-20)21-19(16-8-4-2-5-9-16)17-10-6-3-7-11-17;1-11-4-3(9-6(8)10-4)5(13)12(2)7(11)14/h2-11,18-19H,12-15H2,1H3;1-2H3,(H,9,10). The zero-order valence-electron chi connectivity index (χ0n) is 20.1. The van der Waals surface area contributed by atoms with Gasteiger partial charge in [-0.1, -0.05) is 60.7 Å². The molecule has 2 aromatic heterocycles. The second-order valence-corrected chi connectivity index (χ2v) is 9.52. The molecule has 2 aromatic carbocycles. The van der Waals surface area contributed by atoms with Crippen molar-refractivity contribution >= 4 is 27.1 Å². The number of likely N-dealkylation sites (tertiary alicyclic amines) is 1. The third-order valence-electron chi connectivity index (χ3n) is 6.26. The Hall–Kier alpha value is -3.01. The van der Waals surface area contributed by atoms with Crippen LogP contribution in [0.1, 0.15) is 30.1 Å². The Labute approximate surface area is 212 Å². The predicted molar refractivity (Wildman–Crippen MR) is 141 cm³/mol. The second kappa shape index (κ2) is 11.2. The molecule has 0 amide bonds. The van der Waals surface area contributed by atoms with Gasteiger partial charge in [0.25, 0.3) is 5.56 Å². The van der Waals surface area contributed by atoms with E-state index >= 15 is 0 Å². The first-order valence-corrected chi connectivity index (χ1v) is 12.4. The smallest absolute Gasteiger partial charge is 0.332 e. The minimum atomic E-state index is -0.387. The number of hydrogen-bond acceptors (Lipinski definition) is 5. The van der Waals surface area contributed by atoms with Crippen LogP contribution in [0.25, 0.3) is 11.2 Å².